The average Bonchev–Trinajstić information content (AvgIpc) is 3.33. The minimum atomic E-state index is 0.0268. The number of pyridine rings is 1. The van der Waals surface area contributed by atoms with Gasteiger partial charge in [0.1, 0.15) is 11.3 Å². The summed E-state index contributed by atoms with van der Waals surface area (Å²) in [6.07, 6.45) is 12.8. The molecule has 9 heteroatoms. The zero-order chi connectivity index (χ0) is 21.9. The van der Waals surface area contributed by atoms with Crippen LogP contribution in [0.25, 0.3) is 11.2 Å². The molecule has 0 bridgehead atoms. The molecule has 1 atom stereocenters. The predicted molar refractivity (Wildman–Crippen MR) is 127 cm³/mol. The first kappa shape index (κ1) is 21.6. The van der Waals surface area contributed by atoms with E-state index in [0.29, 0.717) is 5.92 Å². The number of amides is 1. The molecular formula is C23H28ClN5O2S. The summed E-state index contributed by atoms with van der Waals surface area (Å²) in [5.41, 5.74) is 2.83. The molecule has 0 radical (unpaired) electrons. The summed E-state index contributed by atoms with van der Waals surface area (Å²) in [6.45, 7) is 3.86. The number of hydrogen-bond acceptors (Lipinski definition) is 7. The highest BCUT2D eigenvalue weighted by molar-refractivity contribution is 7.00. The number of alkyl halides is 1. The van der Waals surface area contributed by atoms with Gasteiger partial charge < -0.3 is 14.5 Å². The van der Waals surface area contributed by atoms with Crippen LogP contribution in [0.4, 0.5) is 5.69 Å². The minimum Gasteiger partial charge on any atom is -0.484 e. The zero-order valence-electron chi connectivity index (χ0n) is 18.0. The third-order valence-electron chi connectivity index (χ3n) is 6.96. The summed E-state index contributed by atoms with van der Waals surface area (Å²) in [5, 5.41) is 0.0268. The number of anilines is 1. The Morgan fingerprint density at radius 3 is 2.59 bits per heavy atom. The number of rotatable bonds is 5. The molecule has 0 aromatic carbocycles. The number of aromatic nitrogens is 3. The Morgan fingerprint density at radius 1 is 1.12 bits per heavy atom. The quantitative estimate of drug-likeness (QED) is 0.611. The highest BCUT2D eigenvalue weighted by Gasteiger charge is 2.31. The van der Waals surface area contributed by atoms with Crippen LogP contribution in [0.3, 0.4) is 0 Å². The largest absolute Gasteiger partial charge is 0.484 e. The lowest BCUT2D eigenvalue weighted by Crippen LogP contribution is -2.43. The standard InChI is InChI=1S/C23H28ClN5O2S/c24-18-1-3-19(4-2-18)31-15-21(30)29-13-8-17(9-14-29)16-6-11-28(12-7-16)20-5-10-25-23-22(20)26-32-27-23/h1,3-5,10,16-18H,2,6-9,11-15H2. The second kappa shape index (κ2) is 9.75. The molecule has 2 aliphatic heterocycles. The fourth-order valence-corrected chi connectivity index (χ4v) is 5.76. The second-order valence-electron chi connectivity index (χ2n) is 8.82. The van der Waals surface area contributed by atoms with Crippen LogP contribution in [0.15, 0.2) is 36.3 Å². The average molecular weight is 474 g/mol. The Kier molecular flexibility index (Phi) is 6.59. The molecule has 1 aliphatic carbocycles. The second-order valence-corrected chi connectivity index (χ2v) is 9.90. The van der Waals surface area contributed by atoms with E-state index in [1.165, 1.54) is 24.6 Å². The van der Waals surface area contributed by atoms with Gasteiger partial charge in [-0.2, -0.15) is 8.75 Å². The monoisotopic (exact) mass is 473 g/mol. The molecule has 0 spiro atoms. The number of likely N-dealkylation sites (tertiary alicyclic amines) is 1. The van der Waals surface area contributed by atoms with Gasteiger partial charge in [-0.3, -0.25) is 4.79 Å². The molecule has 1 unspecified atom stereocenters. The van der Waals surface area contributed by atoms with E-state index in [1.807, 2.05) is 29.3 Å². The first-order valence-electron chi connectivity index (χ1n) is 11.4. The Hall–Kier alpha value is -2.19. The number of ether oxygens (including phenoxy) is 1. The van der Waals surface area contributed by atoms with Crippen LogP contribution in [-0.2, 0) is 9.53 Å². The summed E-state index contributed by atoms with van der Waals surface area (Å²) < 4.78 is 14.4. The molecule has 4 heterocycles. The van der Waals surface area contributed by atoms with E-state index in [0.717, 1.165) is 74.0 Å². The minimum absolute atomic E-state index is 0.0268. The van der Waals surface area contributed by atoms with Gasteiger partial charge in [-0.05, 0) is 62.2 Å². The summed E-state index contributed by atoms with van der Waals surface area (Å²) >= 11 is 7.26. The molecule has 3 aliphatic rings. The van der Waals surface area contributed by atoms with Gasteiger partial charge in [0.25, 0.3) is 5.91 Å². The molecule has 0 saturated carbocycles. The number of halogens is 1. The number of allylic oxidation sites excluding steroid dienone is 3. The highest BCUT2D eigenvalue weighted by atomic mass is 35.5. The van der Waals surface area contributed by atoms with Crippen LogP contribution in [0.2, 0.25) is 0 Å². The molecular weight excluding hydrogens is 446 g/mol. The number of piperidine rings is 2. The molecule has 5 rings (SSSR count). The van der Waals surface area contributed by atoms with E-state index in [4.69, 9.17) is 16.3 Å². The van der Waals surface area contributed by atoms with E-state index in [-0.39, 0.29) is 17.9 Å². The number of nitrogens with zero attached hydrogens (tertiary/aromatic N) is 5. The van der Waals surface area contributed by atoms with Gasteiger partial charge in [0.15, 0.2) is 12.3 Å². The zero-order valence-corrected chi connectivity index (χ0v) is 19.6. The van der Waals surface area contributed by atoms with Crippen LogP contribution in [-0.4, -0.2) is 62.7 Å². The molecule has 2 aromatic rings. The fourth-order valence-electron chi connectivity index (χ4n) is 5.09. The van der Waals surface area contributed by atoms with Crippen molar-refractivity contribution in [3.05, 3.63) is 36.3 Å². The van der Waals surface area contributed by atoms with Crippen molar-refractivity contribution in [1.82, 2.24) is 18.6 Å². The Morgan fingerprint density at radius 2 is 1.88 bits per heavy atom. The maximum absolute atomic E-state index is 12.6. The number of fused-ring (bicyclic) bond motifs is 1. The first-order chi connectivity index (χ1) is 15.7. The maximum Gasteiger partial charge on any atom is 0.260 e. The Labute approximate surface area is 197 Å². The van der Waals surface area contributed by atoms with Crippen molar-refractivity contribution in [3.63, 3.8) is 0 Å². The van der Waals surface area contributed by atoms with E-state index < -0.39 is 0 Å². The summed E-state index contributed by atoms with van der Waals surface area (Å²) in [4.78, 5) is 21.3. The van der Waals surface area contributed by atoms with Crippen LogP contribution in [0, 0.1) is 11.8 Å². The van der Waals surface area contributed by atoms with Crippen LogP contribution in [0.1, 0.15) is 32.1 Å². The van der Waals surface area contributed by atoms with Gasteiger partial charge in [0.05, 0.1) is 22.8 Å². The van der Waals surface area contributed by atoms with Crippen molar-refractivity contribution in [2.45, 2.75) is 37.5 Å². The molecule has 0 N–H and O–H groups in total. The Balaban J connectivity index is 1.07. The predicted octanol–water partition coefficient (Wildman–Crippen LogP) is 4.01. The van der Waals surface area contributed by atoms with Crippen LogP contribution >= 0.6 is 23.3 Å². The maximum atomic E-state index is 12.6. The highest BCUT2D eigenvalue weighted by Crippen LogP contribution is 2.35. The molecule has 2 saturated heterocycles. The van der Waals surface area contributed by atoms with Crippen molar-refractivity contribution < 1.29 is 9.53 Å². The SMILES string of the molecule is O=C(COC1=CCC(Cl)C=C1)N1CCC(C2CCN(c3ccnc4nsnc34)CC2)CC1. The smallest absolute Gasteiger partial charge is 0.260 e. The Bertz CT molecular complexity index is 1010. The van der Waals surface area contributed by atoms with E-state index in [9.17, 15) is 4.79 Å². The van der Waals surface area contributed by atoms with E-state index in [1.54, 1.807) is 0 Å². The van der Waals surface area contributed by atoms with Gasteiger partial charge in [0, 0.05) is 32.4 Å². The topological polar surface area (TPSA) is 71.5 Å². The molecule has 2 fully saturated rings. The first-order valence-corrected chi connectivity index (χ1v) is 12.6. The summed E-state index contributed by atoms with van der Waals surface area (Å²) in [7, 11) is 0. The van der Waals surface area contributed by atoms with E-state index >= 15 is 0 Å². The van der Waals surface area contributed by atoms with Gasteiger partial charge >= 0.3 is 0 Å². The summed E-state index contributed by atoms with van der Waals surface area (Å²) in [5.74, 6) is 2.26. The van der Waals surface area contributed by atoms with Crippen molar-refractivity contribution in [3.8, 4) is 0 Å². The van der Waals surface area contributed by atoms with Gasteiger partial charge in [-0.25, -0.2) is 4.98 Å². The van der Waals surface area contributed by atoms with Gasteiger partial charge in [0.2, 0.25) is 0 Å². The molecule has 32 heavy (non-hydrogen) atoms. The third-order valence-corrected chi connectivity index (χ3v) is 7.80. The molecule has 7 nitrogen and oxygen atoms in total. The fraction of sp³-hybridized carbons (Fsp3) is 0.565. The molecule has 2 aromatic heterocycles. The van der Waals surface area contributed by atoms with Crippen LogP contribution < -0.4 is 4.90 Å². The van der Waals surface area contributed by atoms with Crippen molar-refractivity contribution in [1.29, 1.82) is 0 Å². The van der Waals surface area contributed by atoms with Crippen molar-refractivity contribution >= 4 is 46.1 Å². The van der Waals surface area contributed by atoms with Crippen molar-refractivity contribution in [2.24, 2.45) is 11.8 Å². The number of hydrogen-bond donors (Lipinski definition) is 0. The lowest BCUT2D eigenvalue weighted by Gasteiger charge is -2.40. The van der Waals surface area contributed by atoms with E-state index in [2.05, 4.69) is 24.7 Å². The van der Waals surface area contributed by atoms with Crippen molar-refractivity contribution in [2.75, 3.05) is 37.7 Å². The number of carbonyl (C=O) groups excluding carboxylic acids is 1. The molecule has 170 valence electrons. The molecule has 1 amide bonds. The van der Waals surface area contributed by atoms with Crippen LogP contribution in [0.5, 0.6) is 0 Å². The number of carbonyl (C=O) groups is 1. The third kappa shape index (κ3) is 4.76. The normalized spacial score (nSPS) is 22.9. The lowest BCUT2D eigenvalue weighted by atomic mass is 9.78. The van der Waals surface area contributed by atoms with Gasteiger partial charge in [-0.15, -0.1) is 11.6 Å². The van der Waals surface area contributed by atoms with Gasteiger partial charge in [-0.1, -0.05) is 6.08 Å². The lowest BCUT2D eigenvalue weighted by molar-refractivity contribution is -0.136. The summed E-state index contributed by atoms with van der Waals surface area (Å²) in [6, 6.07) is 2.06.